The van der Waals surface area contributed by atoms with Crippen molar-refractivity contribution in [1.29, 1.82) is 0 Å². The highest BCUT2D eigenvalue weighted by Crippen LogP contribution is 2.24. The van der Waals surface area contributed by atoms with Crippen molar-refractivity contribution in [3.05, 3.63) is 18.0 Å². The number of aromatic nitrogens is 2. The Morgan fingerprint density at radius 1 is 1.43 bits per heavy atom. The maximum absolute atomic E-state index is 12.1. The summed E-state index contributed by atoms with van der Waals surface area (Å²) in [5.41, 5.74) is -0.395. The van der Waals surface area contributed by atoms with Crippen molar-refractivity contribution < 1.29 is 19.4 Å². The molecule has 1 aromatic heterocycles. The van der Waals surface area contributed by atoms with Gasteiger partial charge in [-0.2, -0.15) is 5.10 Å². The zero-order chi connectivity index (χ0) is 15.6. The molecule has 1 atom stereocenters. The predicted octanol–water partition coefficient (Wildman–Crippen LogP) is 2.15. The van der Waals surface area contributed by atoms with Gasteiger partial charge in [0.1, 0.15) is 11.3 Å². The summed E-state index contributed by atoms with van der Waals surface area (Å²) in [5.74, 6) is -1.01. The van der Waals surface area contributed by atoms with Crippen LogP contribution in [0.25, 0.3) is 0 Å². The molecule has 1 N–H and O–H groups in total. The number of ether oxygens (including phenoxy) is 1. The lowest BCUT2D eigenvalue weighted by Gasteiger charge is -2.34. The number of nitrogens with zero attached hydrogens (tertiary/aromatic N) is 3. The van der Waals surface area contributed by atoms with Gasteiger partial charge in [0.05, 0.1) is 6.04 Å². The Balaban J connectivity index is 2.09. The Morgan fingerprint density at radius 2 is 2.14 bits per heavy atom. The monoisotopic (exact) mass is 295 g/mol. The summed E-state index contributed by atoms with van der Waals surface area (Å²) in [6.45, 7) is 6.50. The zero-order valence-electron chi connectivity index (χ0n) is 12.6. The number of amides is 1. The minimum atomic E-state index is -1.01. The molecule has 1 fully saturated rings. The van der Waals surface area contributed by atoms with Crippen molar-refractivity contribution in [3.8, 4) is 0 Å². The third-order valence-corrected chi connectivity index (χ3v) is 3.28. The van der Waals surface area contributed by atoms with E-state index in [0.29, 0.717) is 13.1 Å². The first-order chi connectivity index (χ1) is 9.78. The average molecular weight is 295 g/mol. The number of aromatic carboxylic acids is 1. The standard InChI is InChI=1S/C14H21N3O4/c1-14(2,3)21-13(20)16-8-4-5-10(9-16)17-11(12(18)19)6-7-15-17/h6-7,10H,4-5,8-9H2,1-3H3,(H,18,19). The molecular formula is C14H21N3O4. The fourth-order valence-corrected chi connectivity index (χ4v) is 2.42. The Hall–Kier alpha value is -2.05. The molecule has 1 aliphatic heterocycles. The van der Waals surface area contributed by atoms with Gasteiger partial charge in [-0.05, 0) is 39.7 Å². The molecule has 0 aliphatic carbocycles. The molecule has 0 radical (unpaired) electrons. The first-order valence-electron chi connectivity index (χ1n) is 7.02. The molecule has 1 saturated heterocycles. The van der Waals surface area contributed by atoms with E-state index in [2.05, 4.69) is 5.10 Å². The fourth-order valence-electron chi connectivity index (χ4n) is 2.42. The van der Waals surface area contributed by atoms with E-state index in [1.54, 1.807) is 4.90 Å². The highest BCUT2D eigenvalue weighted by Gasteiger charge is 2.30. The second kappa shape index (κ2) is 5.75. The molecule has 0 aromatic carbocycles. The van der Waals surface area contributed by atoms with Crippen LogP contribution < -0.4 is 0 Å². The lowest BCUT2D eigenvalue weighted by atomic mass is 10.1. The highest BCUT2D eigenvalue weighted by molar-refractivity contribution is 5.85. The summed E-state index contributed by atoms with van der Waals surface area (Å²) in [6.07, 6.45) is 2.69. The van der Waals surface area contributed by atoms with Crippen LogP contribution in [-0.2, 0) is 4.74 Å². The van der Waals surface area contributed by atoms with Gasteiger partial charge in [0.2, 0.25) is 0 Å². The Bertz CT molecular complexity index is 533. The molecule has 1 unspecified atom stereocenters. The zero-order valence-corrected chi connectivity index (χ0v) is 12.6. The van der Waals surface area contributed by atoms with E-state index >= 15 is 0 Å². The molecule has 116 valence electrons. The van der Waals surface area contributed by atoms with Crippen LogP contribution in [0.2, 0.25) is 0 Å². The number of carboxylic acid groups (broad SMARTS) is 1. The minimum absolute atomic E-state index is 0.132. The first-order valence-corrected chi connectivity index (χ1v) is 7.02. The summed E-state index contributed by atoms with van der Waals surface area (Å²) in [4.78, 5) is 24.9. The number of carbonyl (C=O) groups is 2. The van der Waals surface area contributed by atoms with Crippen LogP contribution in [0.15, 0.2) is 12.3 Å². The lowest BCUT2D eigenvalue weighted by molar-refractivity contribution is 0.0166. The second-order valence-electron chi connectivity index (χ2n) is 6.19. The van der Waals surface area contributed by atoms with Crippen LogP contribution in [0.4, 0.5) is 4.79 Å². The second-order valence-corrected chi connectivity index (χ2v) is 6.19. The molecule has 2 heterocycles. The molecule has 0 bridgehead atoms. The molecule has 0 spiro atoms. The third kappa shape index (κ3) is 3.74. The van der Waals surface area contributed by atoms with E-state index in [9.17, 15) is 9.59 Å². The van der Waals surface area contributed by atoms with Crippen molar-refractivity contribution in [1.82, 2.24) is 14.7 Å². The largest absolute Gasteiger partial charge is 0.477 e. The van der Waals surface area contributed by atoms with Crippen molar-refractivity contribution in [2.24, 2.45) is 0 Å². The van der Waals surface area contributed by atoms with E-state index in [-0.39, 0.29) is 17.8 Å². The van der Waals surface area contributed by atoms with Gasteiger partial charge in [0, 0.05) is 19.3 Å². The molecule has 7 heteroatoms. The normalized spacial score (nSPS) is 19.4. The van der Waals surface area contributed by atoms with E-state index in [1.807, 2.05) is 20.8 Å². The number of likely N-dealkylation sites (tertiary alicyclic amines) is 1. The van der Waals surface area contributed by atoms with E-state index in [0.717, 1.165) is 12.8 Å². The molecule has 21 heavy (non-hydrogen) atoms. The molecule has 0 saturated carbocycles. The van der Waals surface area contributed by atoms with Gasteiger partial charge in [-0.15, -0.1) is 0 Å². The van der Waals surface area contributed by atoms with Crippen LogP contribution in [-0.4, -0.2) is 50.5 Å². The van der Waals surface area contributed by atoms with Gasteiger partial charge >= 0.3 is 12.1 Å². The van der Waals surface area contributed by atoms with E-state index < -0.39 is 11.6 Å². The molecule has 1 amide bonds. The van der Waals surface area contributed by atoms with Crippen molar-refractivity contribution in [2.75, 3.05) is 13.1 Å². The topological polar surface area (TPSA) is 84.7 Å². The number of rotatable bonds is 2. The summed E-state index contributed by atoms with van der Waals surface area (Å²) < 4.78 is 6.85. The summed E-state index contributed by atoms with van der Waals surface area (Å²) in [7, 11) is 0. The number of carbonyl (C=O) groups excluding carboxylic acids is 1. The van der Waals surface area contributed by atoms with Crippen molar-refractivity contribution in [3.63, 3.8) is 0 Å². The summed E-state index contributed by atoms with van der Waals surface area (Å²) >= 11 is 0. The Morgan fingerprint density at radius 3 is 2.76 bits per heavy atom. The van der Waals surface area contributed by atoms with E-state index in [4.69, 9.17) is 9.84 Å². The molecule has 7 nitrogen and oxygen atoms in total. The minimum Gasteiger partial charge on any atom is -0.477 e. The molecule has 1 aromatic rings. The van der Waals surface area contributed by atoms with Gasteiger partial charge in [0.25, 0.3) is 0 Å². The summed E-state index contributed by atoms with van der Waals surface area (Å²) in [5, 5.41) is 13.2. The van der Waals surface area contributed by atoms with Crippen LogP contribution in [0.1, 0.15) is 50.1 Å². The Kier molecular flexibility index (Phi) is 4.20. The molecule has 1 aliphatic rings. The number of hydrogen-bond donors (Lipinski definition) is 1. The van der Waals surface area contributed by atoms with E-state index in [1.165, 1.54) is 16.9 Å². The average Bonchev–Trinajstić information content (AvgIpc) is 2.86. The van der Waals surface area contributed by atoms with Gasteiger partial charge in [-0.1, -0.05) is 0 Å². The Labute approximate surface area is 123 Å². The SMILES string of the molecule is CC(C)(C)OC(=O)N1CCCC(n2nccc2C(=O)O)C1. The number of carboxylic acids is 1. The van der Waals surface area contributed by atoms with Crippen molar-refractivity contribution >= 4 is 12.1 Å². The summed E-state index contributed by atoms with van der Waals surface area (Å²) in [6, 6.07) is 1.33. The van der Waals surface area contributed by atoms with Gasteiger partial charge in [-0.3, -0.25) is 4.68 Å². The fraction of sp³-hybridized carbons (Fsp3) is 0.643. The number of hydrogen-bond acceptors (Lipinski definition) is 4. The van der Waals surface area contributed by atoms with Crippen LogP contribution in [0.3, 0.4) is 0 Å². The molecular weight excluding hydrogens is 274 g/mol. The maximum Gasteiger partial charge on any atom is 0.410 e. The lowest BCUT2D eigenvalue weighted by Crippen LogP contribution is -2.43. The van der Waals surface area contributed by atoms with Gasteiger partial charge < -0.3 is 14.7 Å². The quantitative estimate of drug-likeness (QED) is 0.903. The van der Waals surface area contributed by atoms with Crippen LogP contribution >= 0.6 is 0 Å². The third-order valence-electron chi connectivity index (χ3n) is 3.28. The highest BCUT2D eigenvalue weighted by atomic mass is 16.6. The van der Waals surface area contributed by atoms with Crippen molar-refractivity contribution in [2.45, 2.75) is 45.3 Å². The molecule has 2 rings (SSSR count). The number of piperidine rings is 1. The van der Waals surface area contributed by atoms with Crippen LogP contribution in [0, 0.1) is 0 Å². The van der Waals surface area contributed by atoms with Gasteiger partial charge in [0.15, 0.2) is 0 Å². The van der Waals surface area contributed by atoms with Crippen LogP contribution in [0.5, 0.6) is 0 Å². The predicted molar refractivity (Wildman–Crippen MR) is 75.3 cm³/mol. The van der Waals surface area contributed by atoms with Gasteiger partial charge in [-0.25, -0.2) is 9.59 Å². The smallest absolute Gasteiger partial charge is 0.410 e. The maximum atomic E-state index is 12.1. The first kappa shape index (κ1) is 15.3.